The van der Waals surface area contributed by atoms with Crippen LogP contribution in [0.4, 0.5) is 28.7 Å². The van der Waals surface area contributed by atoms with E-state index in [0.29, 0.717) is 58.0 Å². The van der Waals surface area contributed by atoms with Crippen LogP contribution in [0.25, 0.3) is 11.3 Å². The number of likely N-dealkylation sites (N-methyl/N-ethyl adjacent to an activating group) is 1. The van der Waals surface area contributed by atoms with Crippen LogP contribution >= 0.6 is 23.2 Å². The number of nitriles is 1. The molecule has 13 heteroatoms. The molecule has 0 fully saturated rings. The fraction of sp³-hybridized carbons (Fsp3) is 0.194. The molecule has 0 atom stereocenters. The molecule has 1 amide bonds. The lowest BCUT2D eigenvalue weighted by molar-refractivity contribution is -0.111. The fourth-order valence-corrected chi connectivity index (χ4v) is 4.76. The molecule has 2 aromatic heterocycles. The minimum atomic E-state index is -0.301. The van der Waals surface area contributed by atoms with E-state index >= 15 is 0 Å². The Morgan fingerprint density at radius 3 is 2.48 bits per heavy atom. The van der Waals surface area contributed by atoms with Crippen LogP contribution < -0.4 is 25.4 Å². The number of aromatic nitrogens is 3. The zero-order valence-electron chi connectivity index (χ0n) is 24.5. The second kappa shape index (κ2) is 15.0. The van der Waals surface area contributed by atoms with Gasteiger partial charge in [0, 0.05) is 36.5 Å². The number of hydrogen-bond acceptors (Lipinski definition) is 10. The third-order valence-electron chi connectivity index (χ3n) is 6.38. The minimum absolute atomic E-state index is 0.262. The van der Waals surface area contributed by atoms with Crippen LogP contribution in [-0.4, -0.2) is 60.1 Å². The lowest BCUT2D eigenvalue weighted by Gasteiger charge is -2.17. The lowest BCUT2D eigenvalue weighted by Crippen LogP contribution is -2.19. The number of rotatable bonds is 12. The van der Waals surface area contributed by atoms with Crippen LogP contribution in [0, 0.1) is 18.3 Å². The molecule has 0 saturated heterocycles. The van der Waals surface area contributed by atoms with Gasteiger partial charge in [-0.3, -0.25) is 9.69 Å². The van der Waals surface area contributed by atoms with Gasteiger partial charge in [-0.25, -0.2) is 15.0 Å². The fourth-order valence-electron chi connectivity index (χ4n) is 4.16. The Morgan fingerprint density at radius 1 is 1.02 bits per heavy atom. The zero-order chi connectivity index (χ0) is 31.6. The summed E-state index contributed by atoms with van der Waals surface area (Å²) in [5.74, 6) is 1.38. The average molecular weight is 634 g/mol. The number of para-hydroxylation sites is 1. The quantitative estimate of drug-likeness (QED) is 0.115. The number of benzene rings is 2. The smallest absolute Gasteiger partial charge is 0.248 e. The zero-order valence-corrected chi connectivity index (χ0v) is 26.0. The molecule has 44 heavy (non-hydrogen) atoms. The van der Waals surface area contributed by atoms with Crippen molar-refractivity contribution in [2.24, 2.45) is 0 Å². The summed E-state index contributed by atoms with van der Waals surface area (Å²) in [7, 11) is 4.80. The van der Waals surface area contributed by atoms with Crippen molar-refractivity contribution in [3.8, 4) is 28.8 Å². The summed E-state index contributed by atoms with van der Waals surface area (Å²) in [5, 5.41) is 18.7. The monoisotopic (exact) mass is 632 g/mol. The van der Waals surface area contributed by atoms with Gasteiger partial charge in [-0.1, -0.05) is 41.4 Å². The Balaban J connectivity index is 1.61. The normalized spacial score (nSPS) is 10.9. The van der Waals surface area contributed by atoms with Gasteiger partial charge in [0.1, 0.15) is 39.5 Å². The molecule has 0 saturated carbocycles. The van der Waals surface area contributed by atoms with Crippen molar-refractivity contribution >= 4 is 57.8 Å². The molecular formula is C31H30Cl2N8O3. The molecule has 2 aromatic carbocycles. The third kappa shape index (κ3) is 7.73. The highest BCUT2D eigenvalue weighted by atomic mass is 35.5. The van der Waals surface area contributed by atoms with Gasteiger partial charge in [-0.2, -0.15) is 5.26 Å². The van der Waals surface area contributed by atoms with E-state index < -0.39 is 0 Å². The van der Waals surface area contributed by atoms with Gasteiger partial charge in [0.15, 0.2) is 0 Å². The van der Waals surface area contributed by atoms with Crippen molar-refractivity contribution in [3.63, 3.8) is 0 Å². The van der Waals surface area contributed by atoms with Crippen LogP contribution in [0.5, 0.6) is 11.5 Å². The van der Waals surface area contributed by atoms with Gasteiger partial charge in [-0.05, 0) is 37.7 Å². The topological polar surface area (TPSA) is 137 Å². The molecule has 4 rings (SSSR count). The van der Waals surface area contributed by atoms with E-state index in [0.717, 1.165) is 5.56 Å². The number of anilines is 5. The molecule has 11 nitrogen and oxygen atoms in total. The number of hydrogen-bond donors (Lipinski definition) is 3. The van der Waals surface area contributed by atoms with Gasteiger partial charge in [-0.15, -0.1) is 0 Å². The molecule has 0 aliphatic rings. The van der Waals surface area contributed by atoms with Gasteiger partial charge in [0.25, 0.3) is 0 Å². The predicted molar refractivity (Wildman–Crippen MR) is 173 cm³/mol. The molecule has 0 bridgehead atoms. The van der Waals surface area contributed by atoms with Gasteiger partial charge >= 0.3 is 0 Å². The molecule has 2 heterocycles. The summed E-state index contributed by atoms with van der Waals surface area (Å²) in [6, 6.07) is 14.6. The molecule has 3 N–H and O–H groups in total. The molecule has 0 unspecified atom stereocenters. The summed E-state index contributed by atoms with van der Waals surface area (Å²) in [6.07, 6.45) is 6.20. The first-order chi connectivity index (χ1) is 21.2. The molecule has 0 aliphatic heterocycles. The van der Waals surface area contributed by atoms with Crippen molar-refractivity contribution in [1.29, 1.82) is 5.26 Å². The molecule has 226 valence electrons. The maximum atomic E-state index is 12.6. The van der Waals surface area contributed by atoms with Crippen molar-refractivity contribution in [2.75, 3.05) is 50.3 Å². The summed E-state index contributed by atoms with van der Waals surface area (Å²) < 4.78 is 10.8. The predicted octanol–water partition coefficient (Wildman–Crippen LogP) is 6.61. The number of methoxy groups -OCH3 is 2. The van der Waals surface area contributed by atoms with E-state index in [1.54, 1.807) is 48.5 Å². The summed E-state index contributed by atoms with van der Waals surface area (Å²) in [6.45, 7) is 2.66. The van der Waals surface area contributed by atoms with Gasteiger partial charge in [0.05, 0.1) is 49.6 Å². The number of amides is 1. The summed E-state index contributed by atoms with van der Waals surface area (Å²) in [4.78, 5) is 27.8. The van der Waals surface area contributed by atoms with Crippen LogP contribution in [0.2, 0.25) is 10.0 Å². The Hall–Kier alpha value is -4.89. The van der Waals surface area contributed by atoms with Crippen LogP contribution in [0.1, 0.15) is 5.56 Å². The number of nitrogens with one attached hydrogen (secondary N) is 3. The average Bonchev–Trinajstić information content (AvgIpc) is 3.01. The van der Waals surface area contributed by atoms with Crippen LogP contribution in [0.3, 0.4) is 0 Å². The number of ether oxygens (including phenoxy) is 2. The second-order valence-corrected chi connectivity index (χ2v) is 10.2. The van der Waals surface area contributed by atoms with Crippen molar-refractivity contribution in [1.82, 2.24) is 19.9 Å². The second-order valence-electron chi connectivity index (χ2n) is 9.47. The van der Waals surface area contributed by atoms with E-state index in [-0.39, 0.29) is 22.5 Å². The van der Waals surface area contributed by atoms with E-state index in [1.165, 1.54) is 26.6 Å². The highest BCUT2D eigenvalue weighted by molar-refractivity contribution is 6.41. The maximum Gasteiger partial charge on any atom is 0.248 e. The largest absolute Gasteiger partial charge is 0.495 e. The summed E-state index contributed by atoms with van der Waals surface area (Å²) >= 11 is 13.2. The van der Waals surface area contributed by atoms with E-state index in [4.69, 9.17) is 37.9 Å². The number of nitrogens with zero attached hydrogens (tertiary/aromatic N) is 5. The Labute approximate surface area is 265 Å². The van der Waals surface area contributed by atoms with Gasteiger partial charge in [0.2, 0.25) is 5.91 Å². The van der Waals surface area contributed by atoms with Crippen molar-refractivity contribution in [2.45, 2.75) is 6.92 Å². The molecule has 0 radical (unpaired) electrons. The first-order valence-electron chi connectivity index (χ1n) is 13.3. The highest BCUT2D eigenvalue weighted by Gasteiger charge is 2.20. The van der Waals surface area contributed by atoms with Crippen LogP contribution in [-0.2, 0) is 4.79 Å². The maximum absolute atomic E-state index is 12.6. The van der Waals surface area contributed by atoms with E-state index in [2.05, 4.69) is 37.0 Å². The minimum Gasteiger partial charge on any atom is -0.495 e. The Kier molecular flexibility index (Phi) is 10.9. The van der Waals surface area contributed by atoms with Crippen molar-refractivity contribution in [3.05, 3.63) is 82.7 Å². The number of aryl methyl sites for hydroxylation is 1. The first-order valence-corrected chi connectivity index (χ1v) is 14.0. The van der Waals surface area contributed by atoms with Crippen LogP contribution in [0.15, 0.2) is 67.1 Å². The van der Waals surface area contributed by atoms with Gasteiger partial charge < -0.3 is 25.4 Å². The molecular weight excluding hydrogens is 603 g/mol. The first kappa shape index (κ1) is 32.0. The SMILES string of the molecule is COc1cc(OC)c(Cl)c(Nc2ncccc2-c2cc(Nc3c(C)cccc3NC(=O)/C=C/CN(C)CC#N)ncn2)c1Cl. The number of carbonyl (C=O) groups is 1. The number of halogens is 2. The standard InChI is InChI=1S/C31H30Cl2N8O3/c1-19-8-5-10-21(38-26(42)11-7-14-41(2)15-12-34)29(19)39-25-16-22(36-18-37-25)20-9-6-13-35-31(20)40-30-27(32)23(43-3)17-24(44-4)28(30)33/h5-11,13,16-18H,14-15H2,1-4H3,(H,35,40)(H,38,42)(H,36,37,39)/b11-7+. The Morgan fingerprint density at radius 2 is 1.77 bits per heavy atom. The van der Waals surface area contributed by atoms with E-state index in [1.807, 2.05) is 25.1 Å². The molecule has 0 aliphatic carbocycles. The number of pyridine rings is 1. The molecule has 4 aromatic rings. The summed E-state index contributed by atoms with van der Waals surface area (Å²) in [5.41, 5.74) is 3.71. The Bertz CT molecular complexity index is 1700. The van der Waals surface area contributed by atoms with Crippen molar-refractivity contribution < 1.29 is 14.3 Å². The lowest BCUT2D eigenvalue weighted by atomic mass is 10.1. The third-order valence-corrected chi connectivity index (χ3v) is 7.13. The highest BCUT2D eigenvalue weighted by Crippen LogP contribution is 2.45. The van der Waals surface area contributed by atoms with E-state index in [9.17, 15) is 4.79 Å². The number of carbonyl (C=O) groups excluding carboxylic acids is 1. The molecule has 0 spiro atoms.